The number of nitrogens with one attached hydrogen (secondary N) is 1. The minimum atomic E-state index is -1.10. The second-order valence-corrected chi connectivity index (χ2v) is 4.63. The SMILES string of the molecule is CCCCOC(=O)NC(Cc1nccs1)C(=O)O. The molecule has 18 heavy (non-hydrogen) atoms. The summed E-state index contributed by atoms with van der Waals surface area (Å²) in [5.41, 5.74) is 0. The topological polar surface area (TPSA) is 88.5 Å². The Morgan fingerprint density at radius 2 is 2.39 bits per heavy atom. The van der Waals surface area contributed by atoms with E-state index in [0.717, 1.165) is 12.8 Å². The maximum Gasteiger partial charge on any atom is 0.407 e. The van der Waals surface area contributed by atoms with Crippen LogP contribution in [0, 0.1) is 0 Å². The molecule has 0 saturated carbocycles. The van der Waals surface area contributed by atoms with Gasteiger partial charge >= 0.3 is 12.1 Å². The first-order valence-electron chi connectivity index (χ1n) is 5.68. The smallest absolute Gasteiger partial charge is 0.407 e. The van der Waals surface area contributed by atoms with E-state index in [1.807, 2.05) is 6.92 Å². The number of carbonyl (C=O) groups is 2. The highest BCUT2D eigenvalue weighted by Crippen LogP contribution is 2.07. The standard InChI is InChI=1S/C11H16N2O4S/c1-2-3-5-17-11(16)13-8(10(14)15)7-9-12-4-6-18-9/h4,6,8H,2-3,5,7H2,1H3,(H,13,16)(H,14,15). The van der Waals surface area contributed by atoms with Crippen molar-refractivity contribution in [3.63, 3.8) is 0 Å². The van der Waals surface area contributed by atoms with Gasteiger partial charge in [0.2, 0.25) is 0 Å². The molecular weight excluding hydrogens is 256 g/mol. The Labute approximate surface area is 109 Å². The first-order chi connectivity index (χ1) is 8.63. The van der Waals surface area contributed by atoms with Gasteiger partial charge < -0.3 is 15.2 Å². The van der Waals surface area contributed by atoms with Crippen LogP contribution in [0.5, 0.6) is 0 Å². The fourth-order valence-corrected chi connectivity index (χ4v) is 1.89. The van der Waals surface area contributed by atoms with E-state index in [9.17, 15) is 9.59 Å². The number of hydrogen-bond donors (Lipinski definition) is 2. The Balaban J connectivity index is 2.42. The molecule has 1 aromatic rings. The van der Waals surface area contributed by atoms with Crippen LogP contribution in [0.2, 0.25) is 0 Å². The van der Waals surface area contributed by atoms with E-state index in [2.05, 4.69) is 10.3 Å². The molecule has 1 amide bonds. The second kappa shape index (κ2) is 7.65. The number of carbonyl (C=O) groups excluding carboxylic acids is 1. The van der Waals surface area contributed by atoms with Gasteiger partial charge in [0.05, 0.1) is 11.6 Å². The Kier molecular flexibility index (Phi) is 6.13. The number of ether oxygens (including phenoxy) is 1. The normalized spacial score (nSPS) is 11.8. The first-order valence-corrected chi connectivity index (χ1v) is 6.56. The van der Waals surface area contributed by atoms with Crippen LogP contribution in [-0.2, 0) is 16.0 Å². The Hall–Kier alpha value is -1.63. The molecule has 1 unspecified atom stereocenters. The van der Waals surface area contributed by atoms with Gasteiger partial charge in [-0.05, 0) is 6.42 Å². The summed E-state index contributed by atoms with van der Waals surface area (Å²) in [5, 5.41) is 13.7. The number of aliphatic carboxylic acids is 1. The molecule has 0 aromatic carbocycles. The lowest BCUT2D eigenvalue weighted by Gasteiger charge is -2.13. The summed E-state index contributed by atoms with van der Waals surface area (Å²) >= 11 is 1.35. The van der Waals surface area contributed by atoms with Gasteiger partial charge in [-0.1, -0.05) is 13.3 Å². The minimum Gasteiger partial charge on any atom is -0.480 e. The summed E-state index contributed by atoms with van der Waals surface area (Å²) in [6.07, 6.45) is 2.73. The Morgan fingerprint density at radius 3 is 2.94 bits per heavy atom. The molecule has 0 spiro atoms. The van der Waals surface area contributed by atoms with Crippen molar-refractivity contribution >= 4 is 23.4 Å². The van der Waals surface area contributed by atoms with E-state index < -0.39 is 18.1 Å². The van der Waals surface area contributed by atoms with Crippen molar-refractivity contribution in [2.75, 3.05) is 6.61 Å². The Morgan fingerprint density at radius 1 is 1.61 bits per heavy atom. The number of rotatable bonds is 7. The van der Waals surface area contributed by atoms with Crippen molar-refractivity contribution in [3.05, 3.63) is 16.6 Å². The number of aromatic nitrogens is 1. The third-order valence-corrected chi connectivity index (χ3v) is 2.99. The molecule has 0 radical (unpaired) electrons. The number of unbranched alkanes of at least 4 members (excludes halogenated alkanes) is 1. The lowest BCUT2D eigenvalue weighted by atomic mass is 10.2. The van der Waals surface area contributed by atoms with Crippen molar-refractivity contribution in [2.45, 2.75) is 32.2 Å². The molecule has 6 nitrogen and oxygen atoms in total. The molecule has 7 heteroatoms. The molecule has 0 saturated heterocycles. The number of carboxylic acids is 1. The predicted molar refractivity (Wildman–Crippen MR) is 66.6 cm³/mol. The molecular formula is C11H16N2O4S. The number of amides is 1. The highest BCUT2D eigenvalue weighted by atomic mass is 32.1. The summed E-state index contributed by atoms with van der Waals surface area (Å²) < 4.78 is 4.85. The van der Waals surface area contributed by atoms with Gasteiger partial charge in [-0.15, -0.1) is 11.3 Å². The van der Waals surface area contributed by atoms with Crippen molar-refractivity contribution in [2.24, 2.45) is 0 Å². The Bertz CT molecular complexity index is 380. The van der Waals surface area contributed by atoms with Gasteiger partial charge in [-0.3, -0.25) is 0 Å². The number of hydrogen-bond acceptors (Lipinski definition) is 5. The van der Waals surface area contributed by atoms with Crippen molar-refractivity contribution in [1.29, 1.82) is 0 Å². The van der Waals surface area contributed by atoms with Crippen molar-refractivity contribution in [1.82, 2.24) is 10.3 Å². The predicted octanol–water partition coefficient (Wildman–Crippen LogP) is 1.67. The van der Waals surface area contributed by atoms with Gasteiger partial charge in [0.25, 0.3) is 0 Å². The molecule has 1 rings (SSSR count). The number of thiazole rings is 1. The maximum absolute atomic E-state index is 11.3. The van der Waals surface area contributed by atoms with Crippen LogP contribution in [-0.4, -0.2) is 34.8 Å². The van der Waals surface area contributed by atoms with E-state index in [1.54, 1.807) is 11.6 Å². The summed E-state index contributed by atoms with van der Waals surface area (Å²) in [5.74, 6) is -1.10. The van der Waals surface area contributed by atoms with Crippen LogP contribution in [0.1, 0.15) is 24.8 Å². The zero-order valence-electron chi connectivity index (χ0n) is 10.1. The zero-order chi connectivity index (χ0) is 13.4. The quantitative estimate of drug-likeness (QED) is 0.737. The number of alkyl carbamates (subject to hydrolysis) is 1. The van der Waals surface area contributed by atoms with Crippen LogP contribution in [0.25, 0.3) is 0 Å². The van der Waals surface area contributed by atoms with Gasteiger partial charge in [-0.25, -0.2) is 14.6 Å². The molecule has 2 N–H and O–H groups in total. The van der Waals surface area contributed by atoms with Gasteiger partial charge in [-0.2, -0.15) is 0 Å². The van der Waals surface area contributed by atoms with E-state index >= 15 is 0 Å². The summed E-state index contributed by atoms with van der Waals surface area (Å²) in [7, 11) is 0. The van der Waals surface area contributed by atoms with E-state index in [-0.39, 0.29) is 6.42 Å². The maximum atomic E-state index is 11.3. The fourth-order valence-electron chi connectivity index (χ4n) is 1.22. The highest BCUT2D eigenvalue weighted by Gasteiger charge is 2.22. The molecule has 0 bridgehead atoms. The number of nitrogens with zero attached hydrogens (tertiary/aromatic N) is 1. The summed E-state index contributed by atoms with van der Waals surface area (Å²) in [4.78, 5) is 26.3. The third kappa shape index (κ3) is 5.13. The molecule has 0 aliphatic carbocycles. The molecule has 1 aromatic heterocycles. The van der Waals surface area contributed by atoms with Crippen LogP contribution in [0.3, 0.4) is 0 Å². The van der Waals surface area contributed by atoms with E-state index in [0.29, 0.717) is 11.6 Å². The summed E-state index contributed by atoms with van der Waals surface area (Å²) in [6, 6.07) is -1.01. The van der Waals surface area contributed by atoms with Gasteiger partial charge in [0, 0.05) is 18.0 Å². The van der Waals surface area contributed by atoms with Crippen LogP contribution in [0.4, 0.5) is 4.79 Å². The fraction of sp³-hybridized carbons (Fsp3) is 0.545. The first kappa shape index (κ1) is 14.4. The molecule has 0 aliphatic rings. The van der Waals surface area contributed by atoms with Crippen LogP contribution in [0.15, 0.2) is 11.6 Å². The van der Waals surface area contributed by atoms with E-state index in [4.69, 9.17) is 9.84 Å². The molecule has 1 heterocycles. The zero-order valence-corrected chi connectivity index (χ0v) is 10.9. The van der Waals surface area contributed by atoms with Crippen LogP contribution < -0.4 is 5.32 Å². The van der Waals surface area contributed by atoms with Gasteiger partial charge in [0.1, 0.15) is 6.04 Å². The monoisotopic (exact) mass is 272 g/mol. The second-order valence-electron chi connectivity index (χ2n) is 3.65. The lowest BCUT2D eigenvalue weighted by molar-refractivity contribution is -0.139. The molecule has 0 fully saturated rings. The average molecular weight is 272 g/mol. The lowest BCUT2D eigenvalue weighted by Crippen LogP contribution is -2.42. The molecule has 100 valence electrons. The molecule has 1 atom stereocenters. The highest BCUT2D eigenvalue weighted by molar-refractivity contribution is 7.09. The minimum absolute atomic E-state index is 0.163. The van der Waals surface area contributed by atoms with Crippen molar-refractivity contribution in [3.8, 4) is 0 Å². The van der Waals surface area contributed by atoms with Crippen LogP contribution >= 0.6 is 11.3 Å². The van der Waals surface area contributed by atoms with Gasteiger partial charge in [0.15, 0.2) is 0 Å². The number of carboxylic acid groups (broad SMARTS) is 1. The van der Waals surface area contributed by atoms with E-state index in [1.165, 1.54) is 11.3 Å². The average Bonchev–Trinajstić information content (AvgIpc) is 2.81. The van der Waals surface area contributed by atoms with Crippen molar-refractivity contribution < 1.29 is 19.4 Å². The largest absolute Gasteiger partial charge is 0.480 e. The molecule has 0 aliphatic heterocycles. The third-order valence-electron chi connectivity index (χ3n) is 2.18. The summed E-state index contributed by atoms with van der Waals surface area (Å²) in [6.45, 7) is 2.27.